The minimum absolute atomic E-state index is 0.267. The van der Waals surface area contributed by atoms with Crippen LogP contribution < -0.4 is 5.32 Å². The Balaban J connectivity index is 2.04. The molecule has 0 aliphatic rings. The van der Waals surface area contributed by atoms with E-state index in [1.54, 1.807) is 18.2 Å². The number of anilines is 1. The first-order chi connectivity index (χ1) is 12.1. The smallest absolute Gasteiger partial charge is 0.239 e. The van der Waals surface area contributed by atoms with Crippen LogP contribution in [0.15, 0.2) is 36.4 Å². The molecule has 0 atom stereocenters. The van der Waals surface area contributed by atoms with E-state index in [-0.39, 0.29) is 17.3 Å². The predicted molar refractivity (Wildman–Crippen MR) is 106 cm³/mol. The van der Waals surface area contributed by atoms with Crippen LogP contribution in [0.5, 0.6) is 0 Å². The van der Waals surface area contributed by atoms with Gasteiger partial charge in [-0.3, -0.25) is 4.79 Å². The molecule has 0 aliphatic heterocycles. The van der Waals surface area contributed by atoms with Crippen molar-refractivity contribution < 1.29 is 13.2 Å². The summed E-state index contributed by atoms with van der Waals surface area (Å²) in [6, 6.07) is 10.2. The summed E-state index contributed by atoms with van der Waals surface area (Å²) < 4.78 is 26.0. The Labute approximate surface area is 164 Å². The van der Waals surface area contributed by atoms with E-state index in [1.165, 1.54) is 13.1 Å². The maximum absolute atomic E-state index is 12.5. The van der Waals surface area contributed by atoms with Crippen molar-refractivity contribution in [3.05, 3.63) is 63.1 Å². The molecule has 0 radical (unpaired) electrons. The molecule has 2 aromatic carbocycles. The molecule has 0 spiro atoms. The number of carbonyl (C=O) groups is 1. The van der Waals surface area contributed by atoms with Crippen LogP contribution in [0.1, 0.15) is 16.7 Å². The van der Waals surface area contributed by atoms with Crippen molar-refractivity contribution in [2.24, 2.45) is 0 Å². The third kappa shape index (κ3) is 5.20. The number of benzene rings is 2. The summed E-state index contributed by atoms with van der Waals surface area (Å²) in [4.78, 5) is 12.2. The number of likely N-dealkylation sites (N-methyl/N-ethyl adjacent to an activating group) is 1. The van der Waals surface area contributed by atoms with Gasteiger partial charge >= 0.3 is 0 Å². The van der Waals surface area contributed by atoms with E-state index in [2.05, 4.69) is 5.32 Å². The summed E-state index contributed by atoms with van der Waals surface area (Å²) in [5.41, 5.74) is 3.16. The Kier molecular flexibility index (Phi) is 6.69. The third-order valence-electron chi connectivity index (χ3n) is 4.05. The molecule has 8 heteroatoms. The number of nitrogens with one attached hydrogen (secondary N) is 1. The van der Waals surface area contributed by atoms with Crippen LogP contribution >= 0.6 is 23.2 Å². The maximum Gasteiger partial charge on any atom is 0.239 e. The van der Waals surface area contributed by atoms with Gasteiger partial charge in [0.25, 0.3) is 0 Å². The van der Waals surface area contributed by atoms with Gasteiger partial charge in [-0.05, 0) is 48.7 Å². The molecule has 0 saturated carbocycles. The summed E-state index contributed by atoms with van der Waals surface area (Å²) in [7, 11) is -2.31. The Hall–Kier alpha value is -1.60. The number of amides is 1. The van der Waals surface area contributed by atoms with Crippen LogP contribution in [0.3, 0.4) is 0 Å². The molecule has 1 N–H and O–H groups in total. The molecular weight excluding hydrogens is 395 g/mol. The fourth-order valence-corrected chi connectivity index (χ4v) is 3.78. The minimum atomic E-state index is -3.68. The van der Waals surface area contributed by atoms with Crippen molar-refractivity contribution in [3.8, 4) is 0 Å². The lowest BCUT2D eigenvalue weighted by Gasteiger charge is -2.18. The summed E-state index contributed by atoms with van der Waals surface area (Å²) >= 11 is 11.8. The van der Waals surface area contributed by atoms with Gasteiger partial charge in [0.2, 0.25) is 15.9 Å². The first-order valence-corrected chi connectivity index (χ1v) is 10.2. The normalized spacial score (nSPS) is 11.6. The molecular formula is C18H20Cl2N2O3S. The number of hydrogen-bond donors (Lipinski definition) is 1. The molecule has 0 bridgehead atoms. The van der Waals surface area contributed by atoms with Crippen LogP contribution in [0, 0.1) is 13.8 Å². The second kappa shape index (κ2) is 8.39. The molecule has 0 heterocycles. The van der Waals surface area contributed by atoms with Gasteiger partial charge in [-0.1, -0.05) is 41.4 Å². The van der Waals surface area contributed by atoms with E-state index in [0.717, 1.165) is 15.4 Å². The monoisotopic (exact) mass is 414 g/mol. The van der Waals surface area contributed by atoms with Gasteiger partial charge in [0.1, 0.15) is 0 Å². The molecule has 0 saturated heterocycles. The number of nitrogens with zero attached hydrogens (tertiary/aromatic N) is 1. The van der Waals surface area contributed by atoms with Crippen molar-refractivity contribution in [1.82, 2.24) is 4.31 Å². The van der Waals surface area contributed by atoms with Gasteiger partial charge in [-0.25, -0.2) is 8.42 Å². The predicted octanol–water partition coefficient (Wildman–Crippen LogP) is 4.01. The van der Waals surface area contributed by atoms with E-state index in [9.17, 15) is 13.2 Å². The quantitative estimate of drug-likeness (QED) is 0.775. The van der Waals surface area contributed by atoms with E-state index in [1.807, 2.05) is 26.0 Å². The molecule has 26 heavy (non-hydrogen) atoms. The van der Waals surface area contributed by atoms with Crippen molar-refractivity contribution in [2.75, 3.05) is 18.9 Å². The van der Waals surface area contributed by atoms with Gasteiger partial charge in [0.15, 0.2) is 0 Å². The molecule has 0 unspecified atom stereocenters. The number of carbonyl (C=O) groups excluding carboxylic acids is 1. The highest BCUT2D eigenvalue weighted by molar-refractivity contribution is 7.88. The van der Waals surface area contributed by atoms with Crippen LogP contribution in [0.25, 0.3) is 0 Å². The number of aryl methyl sites for hydroxylation is 1. The number of sulfonamides is 1. The van der Waals surface area contributed by atoms with Crippen LogP contribution in [0.2, 0.25) is 10.0 Å². The Morgan fingerprint density at radius 2 is 1.81 bits per heavy atom. The van der Waals surface area contributed by atoms with E-state index >= 15 is 0 Å². The topological polar surface area (TPSA) is 66.5 Å². The molecule has 0 aliphatic carbocycles. The van der Waals surface area contributed by atoms with E-state index < -0.39 is 15.9 Å². The van der Waals surface area contributed by atoms with Crippen LogP contribution in [-0.2, 0) is 20.6 Å². The lowest BCUT2D eigenvalue weighted by Crippen LogP contribution is -2.35. The highest BCUT2D eigenvalue weighted by atomic mass is 35.5. The fourth-order valence-electron chi connectivity index (χ4n) is 2.33. The van der Waals surface area contributed by atoms with E-state index in [0.29, 0.717) is 16.3 Å². The van der Waals surface area contributed by atoms with Gasteiger partial charge in [-0.15, -0.1) is 0 Å². The Morgan fingerprint density at radius 3 is 2.46 bits per heavy atom. The largest absolute Gasteiger partial charge is 0.325 e. The van der Waals surface area contributed by atoms with Gasteiger partial charge in [0.05, 0.1) is 22.3 Å². The lowest BCUT2D eigenvalue weighted by atomic mass is 10.1. The molecule has 2 aromatic rings. The second-order valence-electron chi connectivity index (χ2n) is 6.06. The molecule has 0 aromatic heterocycles. The summed E-state index contributed by atoms with van der Waals surface area (Å²) in [5, 5.41) is 3.39. The number of rotatable bonds is 6. The SMILES string of the molecule is Cc1cccc(NC(=O)CN(C)S(=O)(=O)Cc2ccc(Cl)c(Cl)c2)c1C. The summed E-state index contributed by atoms with van der Waals surface area (Å²) in [5.74, 6) is -0.671. The van der Waals surface area contributed by atoms with Crippen LogP contribution in [0.4, 0.5) is 5.69 Å². The highest BCUT2D eigenvalue weighted by Gasteiger charge is 2.22. The molecule has 0 fully saturated rings. The standard InChI is InChI=1S/C18H20Cl2N2O3S/c1-12-5-4-6-17(13(12)2)21-18(23)10-22(3)26(24,25)11-14-7-8-15(19)16(20)9-14/h4-9H,10-11H2,1-3H3,(H,21,23). The zero-order valence-corrected chi connectivity index (χ0v) is 17.0. The maximum atomic E-state index is 12.5. The average molecular weight is 415 g/mol. The Bertz CT molecular complexity index is 930. The van der Waals surface area contributed by atoms with E-state index in [4.69, 9.17) is 23.2 Å². The fraction of sp³-hybridized carbons (Fsp3) is 0.278. The zero-order chi connectivity index (χ0) is 19.5. The number of halogens is 2. The summed E-state index contributed by atoms with van der Waals surface area (Å²) in [6.45, 7) is 3.56. The zero-order valence-electron chi connectivity index (χ0n) is 14.7. The van der Waals surface area contributed by atoms with Crippen LogP contribution in [-0.4, -0.2) is 32.2 Å². The third-order valence-corrected chi connectivity index (χ3v) is 6.57. The molecule has 2 rings (SSSR count). The van der Waals surface area contributed by atoms with Gasteiger partial charge in [-0.2, -0.15) is 4.31 Å². The van der Waals surface area contributed by atoms with Crippen molar-refractivity contribution in [1.29, 1.82) is 0 Å². The van der Waals surface area contributed by atoms with Crippen molar-refractivity contribution in [2.45, 2.75) is 19.6 Å². The highest BCUT2D eigenvalue weighted by Crippen LogP contribution is 2.24. The number of hydrogen-bond acceptors (Lipinski definition) is 3. The van der Waals surface area contributed by atoms with Gasteiger partial charge in [0, 0.05) is 12.7 Å². The first-order valence-electron chi connectivity index (χ1n) is 7.84. The molecule has 5 nitrogen and oxygen atoms in total. The first kappa shape index (κ1) is 20.7. The minimum Gasteiger partial charge on any atom is -0.325 e. The Morgan fingerprint density at radius 1 is 1.12 bits per heavy atom. The second-order valence-corrected chi connectivity index (χ2v) is 8.95. The van der Waals surface area contributed by atoms with Crippen molar-refractivity contribution >= 4 is 44.8 Å². The lowest BCUT2D eigenvalue weighted by molar-refractivity contribution is -0.116. The molecule has 140 valence electrons. The van der Waals surface area contributed by atoms with Gasteiger partial charge < -0.3 is 5.32 Å². The molecule has 1 amide bonds. The summed E-state index contributed by atoms with van der Waals surface area (Å²) in [6.07, 6.45) is 0. The van der Waals surface area contributed by atoms with Crippen molar-refractivity contribution in [3.63, 3.8) is 0 Å². The average Bonchev–Trinajstić information content (AvgIpc) is 2.55.